The molecule has 0 bridgehead atoms. The van der Waals surface area contributed by atoms with Gasteiger partial charge in [-0.1, -0.05) is 25.7 Å². The fraction of sp³-hybridized carbons (Fsp3) is 0.467. The molecule has 1 fully saturated rings. The van der Waals surface area contributed by atoms with Crippen molar-refractivity contribution in [3.63, 3.8) is 0 Å². The second-order valence-electron chi connectivity index (χ2n) is 5.29. The molecule has 2 aromatic heterocycles. The average Bonchev–Trinajstić information content (AvgIpc) is 2.67. The van der Waals surface area contributed by atoms with Crippen molar-refractivity contribution < 1.29 is 0 Å². The Bertz CT molecular complexity index is 524. The first-order valence-electron chi connectivity index (χ1n) is 7.09. The van der Waals surface area contributed by atoms with Gasteiger partial charge in [0.2, 0.25) is 0 Å². The summed E-state index contributed by atoms with van der Waals surface area (Å²) in [5, 5.41) is 4.71. The molecule has 0 aliphatic heterocycles. The molecule has 0 saturated heterocycles. The van der Waals surface area contributed by atoms with E-state index in [4.69, 9.17) is 10.8 Å². The van der Waals surface area contributed by atoms with E-state index in [1.807, 2.05) is 18.3 Å². The maximum atomic E-state index is 6.12. The van der Waals surface area contributed by atoms with Gasteiger partial charge in [0.1, 0.15) is 5.69 Å². The number of pyridine rings is 1. The van der Waals surface area contributed by atoms with Crippen LogP contribution in [0.5, 0.6) is 0 Å². The van der Waals surface area contributed by atoms with Crippen molar-refractivity contribution in [3.05, 3.63) is 30.7 Å². The van der Waals surface area contributed by atoms with E-state index in [1.165, 1.54) is 38.5 Å². The van der Waals surface area contributed by atoms with Gasteiger partial charge in [-0.2, -0.15) is 5.10 Å². The van der Waals surface area contributed by atoms with Gasteiger partial charge >= 0.3 is 0 Å². The normalized spacial score (nSPS) is 17.3. The highest BCUT2D eigenvalue weighted by atomic mass is 15.3. The van der Waals surface area contributed by atoms with Gasteiger partial charge in [0.05, 0.1) is 11.7 Å². The van der Waals surface area contributed by atoms with Crippen molar-refractivity contribution in [2.45, 2.75) is 44.6 Å². The number of aromatic nitrogens is 3. The third-order valence-corrected chi connectivity index (χ3v) is 3.91. The van der Waals surface area contributed by atoms with E-state index >= 15 is 0 Å². The topological polar surface area (TPSA) is 56.7 Å². The standard InChI is InChI=1S/C15H20N4/c16-14-11-19(13-5-3-1-2-4-6-13)18-15(14)12-7-9-17-10-8-12/h7-11,13H,1-6,16H2. The molecule has 4 nitrogen and oxygen atoms in total. The fourth-order valence-corrected chi connectivity index (χ4v) is 2.85. The number of hydrogen-bond acceptors (Lipinski definition) is 3. The van der Waals surface area contributed by atoms with Crippen LogP contribution in [0.2, 0.25) is 0 Å². The Labute approximate surface area is 113 Å². The van der Waals surface area contributed by atoms with Crippen LogP contribution in [0.3, 0.4) is 0 Å². The lowest BCUT2D eigenvalue weighted by atomic mass is 10.1. The monoisotopic (exact) mass is 256 g/mol. The largest absolute Gasteiger partial charge is 0.396 e. The van der Waals surface area contributed by atoms with Gasteiger partial charge in [0.15, 0.2) is 0 Å². The smallest absolute Gasteiger partial charge is 0.115 e. The zero-order valence-electron chi connectivity index (χ0n) is 11.1. The maximum Gasteiger partial charge on any atom is 0.115 e. The Balaban J connectivity index is 1.88. The summed E-state index contributed by atoms with van der Waals surface area (Å²) >= 11 is 0. The molecule has 1 aliphatic carbocycles. The molecule has 2 N–H and O–H groups in total. The SMILES string of the molecule is Nc1cn(C2CCCCCC2)nc1-c1ccncc1. The Morgan fingerprint density at radius 2 is 1.74 bits per heavy atom. The van der Waals surface area contributed by atoms with Crippen LogP contribution in [0, 0.1) is 0 Å². The zero-order chi connectivity index (χ0) is 13.1. The van der Waals surface area contributed by atoms with Crippen LogP contribution in [-0.4, -0.2) is 14.8 Å². The second-order valence-corrected chi connectivity index (χ2v) is 5.29. The van der Waals surface area contributed by atoms with E-state index in [1.54, 1.807) is 12.4 Å². The Hall–Kier alpha value is -1.84. The highest BCUT2D eigenvalue weighted by Crippen LogP contribution is 2.30. The van der Waals surface area contributed by atoms with Crippen molar-refractivity contribution in [1.29, 1.82) is 0 Å². The number of nitrogen functional groups attached to an aromatic ring is 1. The molecule has 0 amide bonds. The minimum absolute atomic E-state index is 0.514. The molecule has 4 heteroatoms. The Morgan fingerprint density at radius 3 is 2.42 bits per heavy atom. The van der Waals surface area contributed by atoms with E-state index in [-0.39, 0.29) is 0 Å². The zero-order valence-corrected chi connectivity index (χ0v) is 11.1. The van der Waals surface area contributed by atoms with Crippen LogP contribution < -0.4 is 5.73 Å². The summed E-state index contributed by atoms with van der Waals surface area (Å²) in [4.78, 5) is 4.03. The fourth-order valence-electron chi connectivity index (χ4n) is 2.85. The highest BCUT2D eigenvalue weighted by molar-refractivity contribution is 5.71. The average molecular weight is 256 g/mol. The summed E-state index contributed by atoms with van der Waals surface area (Å²) in [7, 11) is 0. The summed E-state index contributed by atoms with van der Waals surface area (Å²) in [5.74, 6) is 0. The third-order valence-electron chi connectivity index (χ3n) is 3.91. The van der Waals surface area contributed by atoms with Crippen LogP contribution in [0.1, 0.15) is 44.6 Å². The first kappa shape index (κ1) is 12.2. The molecule has 3 rings (SSSR count). The summed E-state index contributed by atoms with van der Waals surface area (Å²) in [6, 6.07) is 4.42. The third kappa shape index (κ3) is 2.62. The first-order valence-corrected chi connectivity index (χ1v) is 7.09. The molecule has 19 heavy (non-hydrogen) atoms. The Kier molecular flexibility index (Phi) is 3.49. The van der Waals surface area contributed by atoms with Gasteiger partial charge in [0.25, 0.3) is 0 Å². The molecular formula is C15H20N4. The molecule has 0 unspecified atom stereocenters. The first-order chi connectivity index (χ1) is 9.34. The minimum Gasteiger partial charge on any atom is -0.396 e. The summed E-state index contributed by atoms with van der Waals surface area (Å²) in [5.41, 5.74) is 8.80. The van der Waals surface area contributed by atoms with Crippen molar-refractivity contribution >= 4 is 5.69 Å². The predicted molar refractivity (Wildman–Crippen MR) is 76.6 cm³/mol. The lowest BCUT2D eigenvalue weighted by Gasteiger charge is -2.14. The van der Waals surface area contributed by atoms with E-state index < -0.39 is 0 Å². The van der Waals surface area contributed by atoms with Crippen LogP contribution in [0.4, 0.5) is 5.69 Å². The van der Waals surface area contributed by atoms with E-state index in [0.717, 1.165) is 16.9 Å². The summed E-state index contributed by atoms with van der Waals surface area (Å²) in [6.07, 6.45) is 13.3. The van der Waals surface area contributed by atoms with E-state index in [9.17, 15) is 0 Å². The molecule has 0 spiro atoms. The molecule has 2 heterocycles. The Morgan fingerprint density at radius 1 is 1.05 bits per heavy atom. The highest BCUT2D eigenvalue weighted by Gasteiger charge is 2.17. The second kappa shape index (κ2) is 5.43. The van der Waals surface area contributed by atoms with Gasteiger partial charge in [0, 0.05) is 24.2 Å². The maximum absolute atomic E-state index is 6.12. The molecule has 1 saturated carbocycles. The lowest BCUT2D eigenvalue weighted by Crippen LogP contribution is -2.08. The van der Waals surface area contributed by atoms with Crippen molar-refractivity contribution in [1.82, 2.24) is 14.8 Å². The number of anilines is 1. The number of rotatable bonds is 2. The number of hydrogen-bond donors (Lipinski definition) is 1. The van der Waals surface area contributed by atoms with Gasteiger partial charge in [-0.15, -0.1) is 0 Å². The molecule has 0 atom stereocenters. The summed E-state index contributed by atoms with van der Waals surface area (Å²) in [6.45, 7) is 0. The van der Waals surface area contributed by atoms with Crippen molar-refractivity contribution in [2.24, 2.45) is 0 Å². The molecule has 0 radical (unpaired) electrons. The lowest BCUT2D eigenvalue weighted by molar-refractivity contribution is 0.406. The van der Waals surface area contributed by atoms with Crippen LogP contribution in [0.15, 0.2) is 30.7 Å². The molecular weight excluding hydrogens is 236 g/mol. The van der Waals surface area contributed by atoms with Gasteiger partial charge in [-0.25, -0.2) is 0 Å². The van der Waals surface area contributed by atoms with E-state index in [0.29, 0.717) is 6.04 Å². The van der Waals surface area contributed by atoms with Crippen molar-refractivity contribution in [3.8, 4) is 11.3 Å². The summed E-state index contributed by atoms with van der Waals surface area (Å²) < 4.78 is 2.08. The minimum atomic E-state index is 0.514. The van der Waals surface area contributed by atoms with Gasteiger partial charge < -0.3 is 5.73 Å². The molecule has 1 aliphatic rings. The van der Waals surface area contributed by atoms with Crippen LogP contribution in [-0.2, 0) is 0 Å². The number of nitrogens with two attached hydrogens (primary N) is 1. The molecule has 2 aromatic rings. The van der Waals surface area contributed by atoms with Gasteiger partial charge in [-0.3, -0.25) is 9.67 Å². The number of nitrogens with zero attached hydrogens (tertiary/aromatic N) is 3. The van der Waals surface area contributed by atoms with Crippen molar-refractivity contribution in [2.75, 3.05) is 5.73 Å². The molecule has 0 aromatic carbocycles. The van der Waals surface area contributed by atoms with Gasteiger partial charge in [-0.05, 0) is 25.0 Å². The predicted octanol–water partition coefficient (Wildman–Crippen LogP) is 3.42. The van der Waals surface area contributed by atoms with Crippen LogP contribution in [0.25, 0.3) is 11.3 Å². The quantitative estimate of drug-likeness (QED) is 0.837. The molecule has 100 valence electrons. The van der Waals surface area contributed by atoms with Crippen LogP contribution >= 0.6 is 0 Å². The van der Waals surface area contributed by atoms with E-state index in [2.05, 4.69) is 9.67 Å².